The first kappa shape index (κ1) is 27.4. The van der Waals surface area contributed by atoms with Gasteiger partial charge in [-0.2, -0.15) is 0 Å². The maximum absolute atomic E-state index is 4.62. The lowest BCUT2D eigenvalue weighted by Gasteiger charge is -2.24. The standard InChI is InChI=1S/C44H34/c1-5-30-14-10-11-17-40(30)29(4)43-38(6-2)39(7-3)44(42-19-13-12-18-41(42)43)36-25-22-32-21-24-35(27-37(32)28-36)34-23-20-31-15-8-9-16-33(31)26-34/h5-26,28,35H,1-4,27H2. The molecule has 0 saturated carbocycles. The third kappa shape index (κ3) is 4.57. The van der Waals surface area contributed by atoms with E-state index in [0.29, 0.717) is 5.92 Å². The Morgan fingerprint density at radius 1 is 0.659 bits per heavy atom. The first-order valence-electron chi connectivity index (χ1n) is 15.2. The molecule has 0 radical (unpaired) electrons. The van der Waals surface area contributed by atoms with Crippen LogP contribution in [-0.4, -0.2) is 0 Å². The Kier molecular flexibility index (Phi) is 7.04. The van der Waals surface area contributed by atoms with Gasteiger partial charge in [0.25, 0.3) is 0 Å². The molecule has 0 amide bonds. The molecule has 1 atom stereocenters. The van der Waals surface area contributed by atoms with E-state index in [-0.39, 0.29) is 0 Å². The van der Waals surface area contributed by atoms with Crippen LogP contribution < -0.4 is 0 Å². The predicted octanol–water partition coefficient (Wildman–Crippen LogP) is 12.0. The summed E-state index contributed by atoms with van der Waals surface area (Å²) in [6.07, 6.45) is 11.4. The molecule has 0 spiro atoms. The van der Waals surface area contributed by atoms with Gasteiger partial charge < -0.3 is 0 Å². The Bertz CT molecular complexity index is 2170. The Balaban J connectivity index is 1.38. The van der Waals surface area contributed by atoms with Crippen molar-refractivity contribution >= 4 is 51.4 Å². The second-order valence-corrected chi connectivity index (χ2v) is 11.5. The highest BCUT2D eigenvalue weighted by Crippen LogP contribution is 2.44. The number of allylic oxidation sites excluding steroid dienone is 1. The molecule has 0 N–H and O–H groups in total. The third-order valence-corrected chi connectivity index (χ3v) is 9.09. The second-order valence-electron chi connectivity index (χ2n) is 11.5. The van der Waals surface area contributed by atoms with Crippen molar-refractivity contribution < 1.29 is 0 Å². The summed E-state index contributed by atoms with van der Waals surface area (Å²) < 4.78 is 0. The normalized spacial score (nSPS) is 13.9. The van der Waals surface area contributed by atoms with Gasteiger partial charge >= 0.3 is 0 Å². The predicted molar refractivity (Wildman–Crippen MR) is 194 cm³/mol. The lowest BCUT2D eigenvalue weighted by Crippen LogP contribution is -2.06. The summed E-state index contributed by atoms with van der Waals surface area (Å²) in [6, 6.07) is 39.3. The minimum absolute atomic E-state index is 0.331. The van der Waals surface area contributed by atoms with Crippen molar-refractivity contribution in [1.82, 2.24) is 0 Å². The maximum Gasteiger partial charge on any atom is 0.00621 e. The van der Waals surface area contributed by atoms with Crippen LogP contribution in [0.5, 0.6) is 0 Å². The smallest absolute Gasteiger partial charge is 0.00621 e. The van der Waals surface area contributed by atoms with E-state index in [1.54, 1.807) is 0 Å². The zero-order valence-corrected chi connectivity index (χ0v) is 24.9. The molecule has 6 aromatic carbocycles. The first-order chi connectivity index (χ1) is 21.6. The second kappa shape index (κ2) is 11.3. The van der Waals surface area contributed by atoms with Gasteiger partial charge in [0.15, 0.2) is 0 Å². The summed E-state index contributed by atoms with van der Waals surface area (Å²) in [4.78, 5) is 0. The van der Waals surface area contributed by atoms with Gasteiger partial charge in [-0.25, -0.2) is 0 Å². The molecular formula is C44H34. The van der Waals surface area contributed by atoms with Crippen molar-refractivity contribution in [1.29, 1.82) is 0 Å². The molecule has 44 heavy (non-hydrogen) atoms. The van der Waals surface area contributed by atoms with Gasteiger partial charge in [-0.1, -0.05) is 166 Å². The highest BCUT2D eigenvalue weighted by Gasteiger charge is 2.22. The third-order valence-electron chi connectivity index (χ3n) is 9.09. The average molecular weight is 563 g/mol. The fourth-order valence-corrected chi connectivity index (χ4v) is 6.92. The van der Waals surface area contributed by atoms with E-state index >= 15 is 0 Å². The summed E-state index contributed by atoms with van der Waals surface area (Å²) in [5.41, 5.74) is 12.6. The van der Waals surface area contributed by atoms with Gasteiger partial charge in [-0.15, -0.1) is 0 Å². The Hall–Kier alpha value is -5.46. The van der Waals surface area contributed by atoms with Crippen molar-refractivity contribution in [2.75, 3.05) is 0 Å². The highest BCUT2D eigenvalue weighted by molar-refractivity contribution is 6.11. The minimum Gasteiger partial charge on any atom is -0.0984 e. The lowest BCUT2D eigenvalue weighted by atomic mass is 9.80. The number of hydrogen-bond donors (Lipinski definition) is 0. The molecule has 0 fully saturated rings. The molecule has 1 aliphatic rings. The molecule has 0 saturated heterocycles. The van der Waals surface area contributed by atoms with Crippen LogP contribution in [0.4, 0.5) is 0 Å². The van der Waals surface area contributed by atoms with Crippen LogP contribution >= 0.6 is 0 Å². The molecule has 0 bridgehead atoms. The van der Waals surface area contributed by atoms with Crippen LogP contribution in [0.2, 0.25) is 0 Å². The van der Waals surface area contributed by atoms with E-state index in [1.807, 2.05) is 24.3 Å². The summed E-state index contributed by atoms with van der Waals surface area (Å²) in [5, 5.41) is 4.89. The minimum atomic E-state index is 0.331. The van der Waals surface area contributed by atoms with Crippen molar-refractivity contribution in [2.24, 2.45) is 0 Å². The number of benzene rings is 6. The van der Waals surface area contributed by atoms with E-state index in [0.717, 1.165) is 45.2 Å². The van der Waals surface area contributed by atoms with Crippen LogP contribution in [0.3, 0.4) is 0 Å². The van der Waals surface area contributed by atoms with Gasteiger partial charge in [0.05, 0.1) is 0 Å². The van der Waals surface area contributed by atoms with E-state index in [9.17, 15) is 0 Å². The van der Waals surface area contributed by atoms with Crippen LogP contribution in [0.1, 0.15) is 50.4 Å². The van der Waals surface area contributed by atoms with Crippen molar-refractivity contribution in [3.05, 3.63) is 186 Å². The zero-order chi connectivity index (χ0) is 30.2. The van der Waals surface area contributed by atoms with E-state index in [4.69, 9.17) is 0 Å². The van der Waals surface area contributed by atoms with Gasteiger partial charge in [0.1, 0.15) is 0 Å². The molecule has 1 aliphatic carbocycles. The molecule has 0 nitrogen and oxygen atoms in total. The molecule has 6 aromatic rings. The molecule has 0 heteroatoms. The Morgan fingerprint density at radius 3 is 2.18 bits per heavy atom. The molecule has 0 aromatic heterocycles. The number of hydrogen-bond acceptors (Lipinski definition) is 0. The Labute approximate surface area is 260 Å². The summed E-state index contributed by atoms with van der Waals surface area (Å²) >= 11 is 0. The fourth-order valence-electron chi connectivity index (χ4n) is 6.92. The summed E-state index contributed by atoms with van der Waals surface area (Å²) in [5.74, 6) is 0.331. The van der Waals surface area contributed by atoms with Crippen molar-refractivity contribution in [2.45, 2.75) is 12.3 Å². The van der Waals surface area contributed by atoms with Crippen molar-refractivity contribution in [3.63, 3.8) is 0 Å². The monoisotopic (exact) mass is 562 g/mol. The largest absolute Gasteiger partial charge is 0.0984 e. The highest BCUT2D eigenvalue weighted by atomic mass is 14.3. The number of rotatable bonds is 7. The molecule has 7 rings (SSSR count). The molecule has 0 heterocycles. The zero-order valence-electron chi connectivity index (χ0n) is 24.9. The lowest BCUT2D eigenvalue weighted by molar-refractivity contribution is 0.829. The van der Waals surface area contributed by atoms with Crippen LogP contribution in [-0.2, 0) is 6.42 Å². The van der Waals surface area contributed by atoms with Crippen LogP contribution in [0.15, 0.2) is 142 Å². The molecule has 210 valence electrons. The summed E-state index contributed by atoms with van der Waals surface area (Å²) in [7, 11) is 0. The van der Waals surface area contributed by atoms with E-state index < -0.39 is 0 Å². The number of fused-ring (bicyclic) bond motifs is 3. The van der Waals surface area contributed by atoms with Crippen LogP contribution in [0, 0.1) is 0 Å². The van der Waals surface area contributed by atoms with Gasteiger partial charge in [-0.3, -0.25) is 0 Å². The first-order valence-corrected chi connectivity index (χ1v) is 15.2. The van der Waals surface area contributed by atoms with Gasteiger partial charge in [0, 0.05) is 5.92 Å². The molecular weight excluding hydrogens is 528 g/mol. The molecule has 0 aliphatic heterocycles. The van der Waals surface area contributed by atoms with Gasteiger partial charge in [0.2, 0.25) is 0 Å². The topological polar surface area (TPSA) is 0 Å². The Morgan fingerprint density at radius 2 is 1.39 bits per heavy atom. The van der Waals surface area contributed by atoms with Gasteiger partial charge in [-0.05, 0) is 89.2 Å². The van der Waals surface area contributed by atoms with Crippen LogP contribution in [0.25, 0.3) is 62.5 Å². The summed E-state index contributed by atoms with van der Waals surface area (Å²) in [6.45, 7) is 17.2. The SMILES string of the molecule is C=Cc1ccccc1C(=C)c1c(C=C)c(C=C)c(-c2ccc3c(c2)CC(c2ccc4ccccc4c2)C=C3)c2ccccc12. The van der Waals surface area contributed by atoms with E-state index in [1.165, 1.54) is 44.0 Å². The average Bonchev–Trinajstić information content (AvgIpc) is 3.09. The maximum atomic E-state index is 4.62. The quantitative estimate of drug-likeness (QED) is 0.181. The fraction of sp³-hybridized carbons (Fsp3) is 0.0455. The van der Waals surface area contributed by atoms with E-state index in [2.05, 4.69) is 142 Å². The molecule has 1 unspecified atom stereocenters. The van der Waals surface area contributed by atoms with Crippen molar-refractivity contribution in [3.8, 4) is 11.1 Å².